The highest BCUT2D eigenvalue weighted by Crippen LogP contribution is 2.42. The van der Waals surface area contributed by atoms with Crippen LogP contribution < -0.4 is 5.32 Å². The highest BCUT2D eigenvalue weighted by Gasteiger charge is 2.40. The number of hydrogen-bond acceptors (Lipinski definition) is 2. The Morgan fingerprint density at radius 1 is 1.16 bits per heavy atom. The zero-order valence-corrected chi connectivity index (χ0v) is 12.6. The molecule has 1 N–H and O–H groups in total. The molecule has 0 amide bonds. The quantitative estimate of drug-likeness (QED) is 0.827. The number of unbranched alkanes of at least 4 members (excludes halogenated alkanes) is 1. The van der Waals surface area contributed by atoms with E-state index in [-0.39, 0.29) is 5.60 Å². The number of aryl methyl sites for hydroxylation is 1. The van der Waals surface area contributed by atoms with Gasteiger partial charge >= 0.3 is 0 Å². The van der Waals surface area contributed by atoms with Gasteiger partial charge in [0.2, 0.25) is 0 Å². The fourth-order valence-electron chi connectivity index (χ4n) is 2.82. The lowest BCUT2D eigenvalue weighted by Gasteiger charge is -2.34. The molecule has 1 saturated heterocycles. The molecule has 1 fully saturated rings. The third kappa shape index (κ3) is 3.18. The molecule has 2 aliphatic heterocycles. The Labute approximate surface area is 117 Å². The van der Waals surface area contributed by atoms with Gasteiger partial charge in [0, 0.05) is 0 Å². The normalized spacial score (nSPS) is 19.7. The van der Waals surface area contributed by atoms with Crippen molar-refractivity contribution < 1.29 is 4.74 Å². The van der Waals surface area contributed by atoms with Gasteiger partial charge in [0.1, 0.15) is 0 Å². The maximum absolute atomic E-state index is 6.07. The molecule has 0 bridgehead atoms. The van der Waals surface area contributed by atoms with E-state index in [2.05, 4.69) is 44.3 Å². The summed E-state index contributed by atoms with van der Waals surface area (Å²) in [6.45, 7) is 9.46. The van der Waals surface area contributed by atoms with E-state index in [9.17, 15) is 0 Å². The van der Waals surface area contributed by atoms with Crippen LogP contribution >= 0.6 is 0 Å². The molecule has 0 atom stereocenters. The number of piperidine rings is 1. The SMILES string of the molecule is CCCC.Cc1ccc2c(c1)COC21CCNCC1. The fraction of sp³-hybridized carbons (Fsp3) is 0.647. The third-order valence-corrected chi connectivity index (χ3v) is 4.17. The van der Waals surface area contributed by atoms with Crippen LogP contribution in [0.25, 0.3) is 0 Å². The predicted molar refractivity (Wildman–Crippen MR) is 80.3 cm³/mol. The molecule has 0 aromatic heterocycles. The molecule has 2 heterocycles. The highest BCUT2D eigenvalue weighted by atomic mass is 16.5. The van der Waals surface area contributed by atoms with Gasteiger partial charge in [-0.25, -0.2) is 0 Å². The summed E-state index contributed by atoms with van der Waals surface area (Å²) in [4.78, 5) is 0. The van der Waals surface area contributed by atoms with Gasteiger partial charge in [0.15, 0.2) is 0 Å². The van der Waals surface area contributed by atoms with Gasteiger partial charge in [0.25, 0.3) is 0 Å². The lowest BCUT2D eigenvalue weighted by molar-refractivity contribution is -0.0590. The van der Waals surface area contributed by atoms with Crippen molar-refractivity contribution in [1.29, 1.82) is 0 Å². The standard InChI is InChI=1S/C13H17NO.C4H10/c1-10-2-3-12-11(8-10)9-15-13(12)4-6-14-7-5-13;1-3-4-2/h2-3,8,14H,4-7,9H2,1H3;3-4H2,1-2H3. The van der Waals surface area contributed by atoms with Crippen molar-refractivity contribution in [3.8, 4) is 0 Å². The van der Waals surface area contributed by atoms with Gasteiger partial charge in [-0.05, 0) is 44.0 Å². The van der Waals surface area contributed by atoms with Gasteiger partial charge < -0.3 is 10.1 Å². The van der Waals surface area contributed by atoms with Crippen LogP contribution in [0.15, 0.2) is 18.2 Å². The van der Waals surface area contributed by atoms with Crippen LogP contribution in [0.5, 0.6) is 0 Å². The summed E-state index contributed by atoms with van der Waals surface area (Å²) in [5.41, 5.74) is 4.21. The lowest BCUT2D eigenvalue weighted by Crippen LogP contribution is -2.39. The molecule has 106 valence electrons. The summed E-state index contributed by atoms with van der Waals surface area (Å²) in [7, 11) is 0. The molecule has 2 heteroatoms. The summed E-state index contributed by atoms with van der Waals surface area (Å²) >= 11 is 0. The molecule has 0 aliphatic carbocycles. The second-order valence-electron chi connectivity index (χ2n) is 5.69. The van der Waals surface area contributed by atoms with E-state index in [1.54, 1.807) is 0 Å². The molecule has 0 radical (unpaired) electrons. The Kier molecular flexibility index (Phi) is 5.00. The van der Waals surface area contributed by atoms with Crippen molar-refractivity contribution in [2.75, 3.05) is 13.1 Å². The summed E-state index contributed by atoms with van der Waals surface area (Å²) in [5.74, 6) is 0. The maximum atomic E-state index is 6.07. The number of fused-ring (bicyclic) bond motifs is 2. The summed E-state index contributed by atoms with van der Waals surface area (Å²) in [6, 6.07) is 6.74. The largest absolute Gasteiger partial charge is 0.365 e. The molecule has 2 nitrogen and oxygen atoms in total. The Balaban J connectivity index is 0.000000297. The molecular weight excluding hydrogens is 234 g/mol. The van der Waals surface area contributed by atoms with E-state index in [1.807, 2.05) is 0 Å². The summed E-state index contributed by atoms with van der Waals surface area (Å²) < 4.78 is 6.07. The first-order chi connectivity index (χ1) is 9.22. The van der Waals surface area contributed by atoms with Crippen molar-refractivity contribution >= 4 is 0 Å². The van der Waals surface area contributed by atoms with Crippen molar-refractivity contribution in [2.24, 2.45) is 0 Å². The van der Waals surface area contributed by atoms with Gasteiger partial charge in [0.05, 0.1) is 12.2 Å². The Morgan fingerprint density at radius 3 is 2.47 bits per heavy atom. The zero-order chi connectivity index (χ0) is 13.7. The van der Waals surface area contributed by atoms with Crippen LogP contribution in [0.4, 0.5) is 0 Å². The first kappa shape index (κ1) is 14.5. The topological polar surface area (TPSA) is 21.3 Å². The van der Waals surface area contributed by atoms with Gasteiger partial charge in [-0.2, -0.15) is 0 Å². The summed E-state index contributed by atoms with van der Waals surface area (Å²) in [5, 5.41) is 3.40. The average molecular weight is 261 g/mol. The first-order valence-electron chi connectivity index (χ1n) is 7.66. The first-order valence-corrected chi connectivity index (χ1v) is 7.66. The molecule has 1 spiro atoms. The van der Waals surface area contributed by atoms with Crippen molar-refractivity contribution in [3.63, 3.8) is 0 Å². The predicted octanol–water partition coefficient (Wildman–Crippen LogP) is 3.91. The number of nitrogens with one attached hydrogen (secondary N) is 1. The fourth-order valence-corrected chi connectivity index (χ4v) is 2.82. The minimum atomic E-state index is 0.0360. The van der Waals surface area contributed by atoms with E-state index in [1.165, 1.54) is 29.5 Å². The zero-order valence-electron chi connectivity index (χ0n) is 12.6. The second kappa shape index (κ2) is 6.53. The van der Waals surface area contributed by atoms with Gasteiger partial charge in [-0.1, -0.05) is 50.5 Å². The molecule has 19 heavy (non-hydrogen) atoms. The van der Waals surface area contributed by atoms with E-state index in [0.717, 1.165) is 32.5 Å². The van der Waals surface area contributed by atoms with E-state index in [4.69, 9.17) is 4.74 Å². The second-order valence-corrected chi connectivity index (χ2v) is 5.69. The summed E-state index contributed by atoms with van der Waals surface area (Å²) in [6.07, 6.45) is 4.87. The molecule has 3 rings (SSSR count). The van der Waals surface area contributed by atoms with Crippen molar-refractivity contribution in [3.05, 3.63) is 34.9 Å². The highest BCUT2D eigenvalue weighted by molar-refractivity contribution is 5.38. The molecule has 1 aromatic rings. The third-order valence-electron chi connectivity index (χ3n) is 4.17. The molecule has 2 aliphatic rings. The van der Waals surface area contributed by atoms with Crippen LogP contribution in [0, 0.1) is 6.92 Å². The van der Waals surface area contributed by atoms with Crippen molar-refractivity contribution in [1.82, 2.24) is 5.32 Å². The van der Waals surface area contributed by atoms with Crippen LogP contribution in [0.1, 0.15) is 56.2 Å². The number of benzene rings is 1. The minimum Gasteiger partial charge on any atom is -0.365 e. The van der Waals surface area contributed by atoms with Crippen LogP contribution in [0.3, 0.4) is 0 Å². The van der Waals surface area contributed by atoms with Gasteiger partial charge in [-0.15, -0.1) is 0 Å². The average Bonchev–Trinajstić information content (AvgIpc) is 2.78. The Morgan fingerprint density at radius 2 is 1.84 bits per heavy atom. The molecule has 0 saturated carbocycles. The number of hydrogen-bond donors (Lipinski definition) is 1. The van der Waals surface area contributed by atoms with Crippen molar-refractivity contribution in [2.45, 2.75) is 58.7 Å². The number of rotatable bonds is 1. The minimum absolute atomic E-state index is 0.0360. The molecule has 0 unspecified atom stereocenters. The molecular formula is C17H27NO. The van der Waals surface area contributed by atoms with E-state index < -0.39 is 0 Å². The lowest BCUT2D eigenvalue weighted by atomic mass is 9.84. The Bertz CT molecular complexity index is 406. The van der Waals surface area contributed by atoms with E-state index >= 15 is 0 Å². The van der Waals surface area contributed by atoms with E-state index in [0.29, 0.717) is 0 Å². The monoisotopic (exact) mass is 261 g/mol. The molecule has 1 aromatic carbocycles. The maximum Gasteiger partial charge on any atom is 0.0963 e. The Hall–Kier alpha value is -0.860. The van der Waals surface area contributed by atoms with Crippen LogP contribution in [0.2, 0.25) is 0 Å². The van der Waals surface area contributed by atoms with Crippen LogP contribution in [-0.2, 0) is 16.9 Å². The van der Waals surface area contributed by atoms with Gasteiger partial charge in [-0.3, -0.25) is 0 Å². The smallest absolute Gasteiger partial charge is 0.0963 e. The van der Waals surface area contributed by atoms with Crippen LogP contribution in [-0.4, -0.2) is 13.1 Å². The number of ether oxygens (including phenoxy) is 1.